The normalized spacial score (nSPS) is 21.3. The van der Waals surface area contributed by atoms with Crippen LogP contribution in [0.5, 0.6) is 0 Å². The summed E-state index contributed by atoms with van der Waals surface area (Å²) in [4.78, 5) is 24.6. The van der Waals surface area contributed by atoms with E-state index >= 15 is 0 Å². The number of benzene rings is 2. The summed E-state index contributed by atoms with van der Waals surface area (Å²) in [5.41, 5.74) is 1.87. The van der Waals surface area contributed by atoms with Gasteiger partial charge in [0.25, 0.3) is 0 Å². The van der Waals surface area contributed by atoms with Gasteiger partial charge in [-0.25, -0.2) is 0 Å². The van der Waals surface area contributed by atoms with E-state index < -0.39 is 6.04 Å². The van der Waals surface area contributed by atoms with Crippen molar-refractivity contribution >= 4 is 23.4 Å². The maximum absolute atomic E-state index is 12.6. The summed E-state index contributed by atoms with van der Waals surface area (Å²) in [6.07, 6.45) is -0.258. The van der Waals surface area contributed by atoms with Crippen molar-refractivity contribution in [2.45, 2.75) is 31.6 Å². The van der Waals surface area contributed by atoms with Gasteiger partial charge in [-0.1, -0.05) is 54.1 Å². The highest BCUT2D eigenvalue weighted by molar-refractivity contribution is 6.30. The number of carbonyl (C=O) groups excluding carboxylic acids is 2. The van der Waals surface area contributed by atoms with Crippen LogP contribution in [0.4, 0.5) is 0 Å². The lowest BCUT2D eigenvalue weighted by Crippen LogP contribution is -2.56. The van der Waals surface area contributed by atoms with Gasteiger partial charge in [-0.2, -0.15) is 0 Å². The highest BCUT2D eigenvalue weighted by atomic mass is 35.5. The molecule has 3 rings (SSSR count). The molecule has 2 aromatic carbocycles. The van der Waals surface area contributed by atoms with Gasteiger partial charge in [-0.05, 0) is 30.2 Å². The summed E-state index contributed by atoms with van der Waals surface area (Å²) in [7, 11) is 0. The Labute approximate surface area is 151 Å². The quantitative estimate of drug-likeness (QED) is 0.788. The molecule has 2 amide bonds. The Kier molecular flexibility index (Phi) is 5.36. The van der Waals surface area contributed by atoms with E-state index in [1.165, 1.54) is 0 Å². The first-order chi connectivity index (χ1) is 12.0. The number of amides is 2. The van der Waals surface area contributed by atoms with Crippen LogP contribution in [0.2, 0.25) is 5.02 Å². The van der Waals surface area contributed by atoms with Crippen LogP contribution < -0.4 is 16.0 Å². The topological polar surface area (TPSA) is 70.2 Å². The molecule has 1 aliphatic rings. The molecular weight excluding hydrogens is 338 g/mol. The minimum atomic E-state index is -0.575. The fraction of sp³-hybridized carbons (Fsp3) is 0.263. The minimum Gasteiger partial charge on any atom is -0.348 e. The number of halogens is 1. The van der Waals surface area contributed by atoms with Crippen molar-refractivity contribution in [1.29, 1.82) is 0 Å². The smallest absolute Gasteiger partial charge is 0.238 e. The number of nitrogens with one attached hydrogen (secondary N) is 3. The van der Waals surface area contributed by atoms with Crippen LogP contribution in [0.25, 0.3) is 0 Å². The summed E-state index contributed by atoms with van der Waals surface area (Å²) in [5.74, 6) is -0.342. The van der Waals surface area contributed by atoms with Crippen molar-refractivity contribution in [3.63, 3.8) is 0 Å². The molecule has 0 bridgehead atoms. The van der Waals surface area contributed by atoms with Crippen molar-refractivity contribution < 1.29 is 9.59 Å². The van der Waals surface area contributed by atoms with Gasteiger partial charge in [0.15, 0.2) is 0 Å². The summed E-state index contributed by atoms with van der Waals surface area (Å²) in [6.45, 7) is 1.90. The third-order valence-electron chi connectivity index (χ3n) is 4.24. The molecule has 25 heavy (non-hydrogen) atoms. The summed E-state index contributed by atoms with van der Waals surface area (Å²) in [6, 6.07) is 16.1. The van der Waals surface area contributed by atoms with Crippen molar-refractivity contribution in [2.75, 3.05) is 0 Å². The van der Waals surface area contributed by atoms with Crippen LogP contribution in [0.15, 0.2) is 54.6 Å². The minimum absolute atomic E-state index is 0.114. The van der Waals surface area contributed by atoms with Crippen molar-refractivity contribution in [3.8, 4) is 0 Å². The van der Waals surface area contributed by atoms with Gasteiger partial charge in [0, 0.05) is 5.02 Å². The maximum atomic E-state index is 12.6. The second kappa shape index (κ2) is 7.68. The number of hydrogen-bond acceptors (Lipinski definition) is 3. The van der Waals surface area contributed by atoms with Gasteiger partial charge in [-0.3, -0.25) is 14.9 Å². The average Bonchev–Trinajstić information content (AvgIpc) is 2.62. The second-order valence-electron chi connectivity index (χ2n) is 6.12. The van der Waals surface area contributed by atoms with E-state index in [4.69, 9.17) is 11.6 Å². The van der Waals surface area contributed by atoms with Gasteiger partial charge in [0.1, 0.15) is 6.17 Å². The van der Waals surface area contributed by atoms with Crippen LogP contribution in [0.3, 0.4) is 0 Å². The molecule has 1 heterocycles. The van der Waals surface area contributed by atoms with Gasteiger partial charge in [0.2, 0.25) is 11.8 Å². The molecule has 0 aromatic heterocycles. The molecule has 3 N–H and O–H groups in total. The third-order valence-corrected chi connectivity index (χ3v) is 4.49. The van der Waals surface area contributed by atoms with Crippen LogP contribution in [-0.4, -0.2) is 17.9 Å². The largest absolute Gasteiger partial charge is 0.348 e. The lowest BCUT2D eigenvalue weighted by molar-refractivity contribution is -0.132. The fourth-order valence-electron chi connectivity index (χ4n) is 2.85. The summed E-state index contributed by atoms with van der Waals surface area (Å²) in [5, 5.41) is 9.67. The van der Waals surface area contributed by atoms with E-state index in [0.717, 1.165) is 11.1 Å². The Balaban J connectivity index is 1.66. The fourth-order valence-corrected chi connectivity index (χ4v) is 2.98. The van der Waals surface area contributed by atoms with Gasteiger partial charge in [-0.15, -0.1) is 0 Å². The standard InChI is InChI=1S/C19H20ClN3O2/c1-12(13-7-9-15(20)10-8-13)21-19(25)16-11-17(24)23-18(22-16)14-5-3-2-4-6-14/h2-10,12,16,18,22H,11H2,1H3,(H,21,25)(H,23,24)/t12-,16?,18?/m0/s1. The van der Waals surface area contributed by atoms with E-state index in [1.807, 2.05) is 49.4 Å². The van der Waals surface area contributed by atoms with Gasteiger partial charge < -0.3 is 10.6 Å². The lowest BCUT2D eigenvalue weighted by Gasteiger charge is -2.31. The Bertz CT molecular complexity index is 749. The summed E-state index contributed by atoms with van der Waals surface area (Å²) < 4.78 is 0. The molecule has 5 nitrogen and oxygen atoms in total. The van der Waals surface area contributed by atoms with Crippen LogP contribution in [0, 0.1) is 0 Å². The number of hydrogen-bond donors (Lipinski definition) is 3. The third kappa shape index (κ3) is 4.38. The zero-order valence-corrected chi connectivity index (χ0v) is 14.6. The van der Waals surface area contributed by atoms with Crippen LogP contribution in [-0.2, 0) is 9.59 Å². The highest BCUT2D eigenvalue weighted by Gasteiger charge is 2.31. The predicted molar refractivity (Wildman–Crippen MR) is 96.9 cm³/mol. The Hall–Kier alpha value is -2.37. The highest BCUT2D eigenvalue weighted by Crippen LogP contribution is 2.18. The Morgan fingerprint density at radius 3 is 2.52 bits per heavy atom. The molecule has 2 unspecified atom stereocenters. The van der Waals surface area contributed by atoms with Crippen LogP contribution in [0.1, 0.15) is 36.7 Å². The number of rotatable bonds is 4. The summed E-state index contributed by atoms with van der Waals surface area (Å²) >= 11 is 5.89. The zero-order chi connectivity index (χ0) is 17.8. The molecule has 3 atom stereocenters. The lowest BCUT2D eigenvalue weighted by atomic mass is 10.0. The molecule has 2 aromatic rings. The molecule has 0 radical (unpaired) electrons. The first-order valence-corrected chi connectivity index (χ1v) is 8.57. The molecule has 1 fully saturated rings. The van der Waals surface area contributed by atoms with Crippen molar-refractivity contribution in [2.24, 2.45) is 0 Å². The Morgan fingerprint density at radius 2 is 1.84 bits per heavy atom. The molecule has 1 saturated heterocycles. The van der Waals surface area contributed by atoms with Crippen molar-refractivity contribution in [3.05, 3.63) is 70.7 Å². The number of carbonyl (C=O) groups is 2. The average molecular weight is 358 g/mol. The zero-order valence-electron chi connectivity index (χ0n) is 13.8. The molecule has 0 saturated carbocycles. The molecule has 0 aliphatic carbocycles. The van der Waals surface area contributed by atoms with E-state index in [9.17, 15) is 9.59 Å². The van der Waals surface area contributed by atoms with Crippen molar-refractivity contribution in [1.82, 2.24) is 16.0 Å². The van der Waals surface area contributed by atoms with E-state index in [2.05, 4.69) is 16.0 Å². The van der Waals surface area contributed by atoms with Gasteiger partial charge in [0.05, 0.1) is 18.5 Å². The van der Waals surface area contributed by atoms with E-state index in [1.54, 1.807) is 12.1 Å². The first kappa shape index (κ1) is 17.5. The SMILES string of the molecule is C[C@H](NC(=O)C1CC(=O)NC(c2ccccc2)N1)c1ccc(Cl)cc1. The molecular formula is C19H20ClN3O2. The first-order valence-electron chi connectivity index (χ1n) is 8.19. The van der Waals surface area contributed by atoms with Crippen LogP contribution >= 0.6 is 11.6 Å². The maximum Gasteiger partial charge on any atom is 0.238 e. The van der Waals surface area contributed by atoms with E-state index in [-0.39, 0.29) is 30.4 Å². The molecule has 130 valence electrons. The Morgan fingerprint density at radius 1 is 1.16 bits per heavy atom. The monoisotopic (exact) mass is 357 g/mol. The second-order valence-corrected chi connectivity index (χ2v) is 6.55. The molecule has 1 aliphatic heterocycles. The van der Waals surface area contributed by atoms with Gasteiger partial charge >= 0.3 is 0 Å². The molecule has 6 heteroatoms. The van der Waals surface area contributed by atoms with E-state index in [0.29, 0.717) is 5.02 Å². The molecule has 0 spiro atoms. The predicted octanol–water partition coefficient (Wildman–Crippen LogP) is 2.69.